The highest BCUT2D eigenvalue weighted by molar-refractivity contribution is 7.98. The molecule has 0 aromatic heterocycles. The Morgan fingerprint density at radius 3 is 2.17 bits per heavy atom. The number of primary amides is 2. The predicted molar refractivity (Wildman–Crippen MR) is 75.0 cm³/mol. The Morgan fingerprint density at radius 2 is 1.72 bits per heavy atom. The fraction of sp³-hybridized carbons (Fsp3) is 0.333. The van der Waals surface area contributed by atoms with Gasteiger partial charge in [0.25, 0.3) is 0 Å². The lowest BCUT2D eigenvalue weighted by atomic mass is 10.1. The molecule has 0 aliphatic heterocycles. The molecule has 1 aromatic rings. The first-order valence-electron chi connectivity index (χ1n) is 5.52. The Hall–Kier alpha value is -1.69. The Morgan fingerprint density at radius 1 is 1.17 bits per heavy atom. The van der Waals surface area contributed by atoms with Crippen molar-refractivity contribution in [3.63, 3.8) is 0 Å². The molecule has 0 fully saturated rings. The maximum absolute atomic E-state index is 11.1. The largest absolute Gasteiger partial charge is 0.385 e. The van der Waals surface area contributed by atoms with Gasteiger partial charge in [-0.15, -0.1) is 0 Å². The lowest BCUT2D eigenvalue weighted by Gasteiger charge is -2.09. The van der Waals surface area contributed by atoms with Crippen LogP contribution in [0.25, 0.3) is 0 Å². The molecule has 2 amide bonds. The summed E-state index contributed by atoms with van der Waals surface area (Å²) in [5.74, 6) is -0.110. The molecular weight excluding hydrogens is 250 g/mol. The second-order valence-electron chi connectivity index (χ2n) is 3.80. The fourth-order valence-electron chi connectivity index (χ4n) is 1.46. The van der Waals surface area contributed by atoms with Crippen LogP contribution in [0.4, 0.5) is 5.69 Å². The van der Waals surface area contributed by atoms with Gasteiger partial charge in [-0.05, 0) is 36.6 Å². The number of nitrogens with two attached hydrogens (primary N) is 2. The van der Waals surface area contributed by atoms with Crippen molar-refractivity contribution in [3.05, 3.63) is 29.3 Å². The van der Waals surface area contributed by atoms with Gasteiger partial charge >= 0.3 is 0 Å². The van der Waals surface area contributed by atoms with Gasteiger partial charge in [0.05, 0.1) is 0 Å². The number of thioether (sulfide) groups is 1. The molecule has 0 unspecified atom stereocenters. The van der Waals surface area contributed by atoms with Crippen molar-refractivity contribution in [1.29, 1.82) is 0 Å². The van der Waals surface area contributed by atoms with Crippen LogP contribution in [0.3, 0.4) is 0 Å². The molecule has 0 bridgehead atoms. The number of hydrogen-bond acceptors (Lipinski definition) is 4. The molecule has 1 rings (SSSR count). The molecule has 1 aromatic carbocycles. The number of rotatable bonds is 7. The van der Waals surface area contributed by atoms with E-state index in [1.807, 2.05) is 6.26 Å². The molecular formula is C12H17N3O2S. The number of amides is 2. The number of nitrogens with one attached hydrogen (secondary N) is 1. The average Bonchev–Trinajstić information content (AvgIpc) is 2.34. The Balaban J connectivity index is 2.83. The second kappa shape index (κ2) is 6.90. The molecule has 0 spiro atoms. The monoisotopic (exact) mass is 267 g/mol. The zero-order chi connectivity index (χ0) is 13.5. The van der Waals surface area contributed by atoms with Crippen LogP contribution in [0.15, 0.2) is 18.2 Å². The number of carbonyl (C=O) groups excluding carboxylic acids is 2. The summed E-state index contributed by atoms with van der Waals surface area (Å²) >= 11 is 1.76. The first-order chi connectivity index (χ1) is 8.54. The number of benzene rings is 1. The topological polar surface area (TPSA) is 98.2 Å². The number of hydrogen-bond donors (Lipinski definition) is 3. The van der Waals surface area contributed by atoms with Crippen molar-refractivity contribution >= 4 is 29.3 Å². The third-order valence-electron chi connectivity index (χ3n) is 2.36. The lowest BCUT2D eigenvalue weighted by Crippen LogP contribution is -2.16. The van der Waals surface area contributed by atoms with Crippen LogP contribution in [0.2, 0.25) is 0 Å². The van der Waals surface area contributed by atoms with Crippen molar-refractivity contribution in [2.75, 3.05) is 23.9 Å². The maximum Gasteiger partial charge on any atom is 0.248 e. The fourth-order valence-corrected chi connectivity index (χ4v) is 1.90. The standard InChI is InChI=1S/C12H17N3O2S/c1-18-4-2-3-15-10-6-8(11(13)16)5-9(7-10)12(14)17/h5-7,15H,2-4H2,1H3,(H2,13,16)(H2,14,17). The SMILES string of the molecule is CSCCCNc1cc(C(N)=O)cc(C(N)=O)c1. The highest BCUT2D eigenvalue weighted by Crippen LogP contribution is 2.15. The average molecular weight is 267 g/mol. The maximum atomic E-state index is 11.1. The molecule has 0 saturated carbocycles. The third kappa shape index (κ3) is 4.29. The molecule has 0 atom stereocenters. The van der Waals surface area contributed by atoms with Crippen LogP contribution in [0, 0.1) is 0 Å². The molecule has 5 nitrogen and oxygen atoms in total. The predicted octanol–water partition coefficient (Wildman–Crippen LogP) is 1.05. The molecule has 5 N–H and O–H groups in total. The van der Waals surface area contributed by atoms with E-state index < -0.39 is 11.8 Å². The van der Waals surface area contributed by atoms with E-state index in [9.17, 15) is 9.59 Å². The summed E-state index contributed by atoms with van der Waals surface area (Å²) in [6.07, 6.45) is 3.03. The molecule has 0 aliphatic rings. The summed E-state index contributed by atoms with van der Waals surface area (Å²) in [5, 5.41) is 3.14. The molecule has 18 heavy (non-hydrogen) atoms. The van der Waals surface area contributed by atoms with E-state index in [4.69, 9.17) is 11.5 Å². The summed E-state index contributed by atoms with van der Waals surface area (Å²) < 4.78 is 0. The van der Waals surface area contributed by atoms with Gasteiger partial charge in [-0.25, -0.2) is 0 Å². The van der Waals surface area contributed by atoms with E-state index in [0.29, 0.717) is 5.69 Å². The van der Waals surface area contributed by atoms with Gasteiger partial charge < -0.3 is 16.8 Å². The van der Waals surface area contributed by atoms with Gasteiger partial charge in [-0.1, -0.05) is 0 Å². The zero-order valence-electron chi connectivity index (χ0n) is 10.2. The summed E-state index contributed by atoms with van der Waals surface area (Å²) in [6.45, 7) is 0.765. The van der Waals surface area contributed by atoms with Gasteiger partial charge in [0.2, 0.25) is 11.8 Å². The molecule has 98 valence electrons. The van der Waals surface area contributed by atoms with Crippen molar-refractivity contribution in [2.45, 2.75) is 6.42 Å². The minimum Gasteiger partial charge on any atom is -0.385 e. The summed E-state index contributed by atoms with van der Waals surface area (Å²) in [5.41, 5.74) is 11.6. The first kappa shape index (κ1) is 14.4. The van der Waals surface area contributed by atoms with Crippen LogP contribution < -0.4 is 16.8 Å². The van der Waals surface area contributed by atoms with Gasteiger partial charge in [0.15, 0.2) is 0 Å². The van der Waals surface area contributed by atoms with Gasteiger partial charge in [0, 0.05) is 23.4 Å². The molecule has 6 heteroatoms. The molecule has 0 aliphatic carbocycles. The minimum absolute atomic E-state index is 0.277. The minimum atomic E-state index is -0.578. The van der Waals surface area contributed by atoms with Gasteiger partial charge in [-0.2, -0.15) is 11.8 Å². The van der Waals surface area contributed by atoms with E-state index in [-0.39, 0.29) is 11.1 Å². The third-order valence-corrected chi connectivity index (χ3v) is 3.05. The van der Waals surface area contributed by atoms with Crippen molar-refractivity contribution in [2.24, 2.45) is 11.5 Å². The normalized spacial score (nSPS) is 10.1. The van der Waals surface area contributed by atoms with E-state index in [1.54, 1.807) is 23.9 Å². The zero-order valence-corrected chi connectivity index (χ0v) is 11.0. The van der Waals surface area contributed by atoms with Crippen molar-refractivity contribution in [3.8, 4) is 0 Å². The Bertz CT molecular complexity index is 417. The van der Waals surface area contributed by atoms with Crippen LogP contribution in [0.1, 0.15) is 27.1 Å². The smallest absolute Gasteiger partial charge is 0.248 e. The molecule has 0 radical (unpaired) electrons. The van der Waals surface area contributed by atoms with Gasteiger partial charge in [-0.3, -0.25) is 9.59 Å². The van der Waals surface area contributed by atoms with Crippen LogP contribution >= 0.6 is 11.8 Å². The van der Waals surface area contributed by atoms with E-state index in [2.05, 4.69) is 5.32 Å². The van der Waals surface area contributed by atoms with E-state index >= 15 is 0 Å². The highest BCUT2D eigenvalue weighted by atomic mass is 32.2. The summed E-state index contributed by atoms with van der Waals surface area (Å²) in [4.78, 5) is 22.3. The van der Waals surface area contributed by atoms with Crippen molar-refractivity contribution in [1.82, 2.24) is 0 Å². The summed E-state index contributed by atoms with van der Waals surface area (Å²) in [7, 11) is 0. The van der Waals surface area contributed by atoms with Crippen LogP contribution in [-0.4, -0.2) is 30.4 Å². The molecule has 0 saturated heterocycles. The van der Waals surface area contributed by atoms with Crippen LogP contribution in [-0.2, 0) is 0 Å². The Kier molecular flexibility index (Phi) is 5.51. The van der Waals surface area contributed by atoms with E-state index in [1.165, 1.54) is 6.07 Å². The summed E-state index contributed by atoms with van der Waals surface area (Å²) in [6, 6.07) is 4.64. The Labute approximate surface area is 110 Å². The quantitative estimate of drug-likeness (QED) is 0.643. The van der Waals surface area contributed by atoms with Gasteiger partial charge in [0.1, 0.15) is 0 Å². The first-order valence-corrected chi connectivity index (χ1v) is 6.91. The molecule has 0 heterocycles. The van der Waals surface area contributed by atoms with Crippen LogP contribution in [0.5, 0.6) is 0 Å². The lowest BCUT2D eigenvalue weighted by molar-refractivity contribution is 0.0999. The second-order valence-corrected chi connectivity index (χ2v) is 4.79. The number of anilines is 1. The number of carbonyl (C=O) groups is 2. The highest BCUT2D eigenvalue weighted by Gasteiger charge is 2.08. The van der Waals surface area contributed by atoms with Crippen molar-refractivity contribution < 1.29 is 9.59 Å². The van der Waals surface area contributed by atoms with E-state index in [0.717, 1.165) is 18.7 Å².